The summed E-state index contributed by atoms with van der Waals surface area (Å²) in [5.41, 5.74) is -1.17. The van der Waals surface area contributed by atoms with Gasteiger partial charge >= 0.3 is 6.18 Å². The molecule has 1 amide bonds. The van der Waals surface area contributed by atoms with Crippen molar-refractivity contribution in [3.8, 4) is 0 Å². The number of alkyl halides is 5. The fraction of sp³-hybridized carbons (Fsp3) is 0.417. The van der Waals surface area contributed by atoms with Crippen LogP contribution in [-0.4, -0.2) is 25.4 Å². The maximum absolute atomic E-state index is 12.6. The molecule has 0 fully saturated rings. The van der Waals surface area contributed by atoms with E-state index in [9.17, 15) is 26.7 Å². The third-order valence-electron chi connectivity index (χ3n) is 2.38. The molecule has 20 heavy (non-hydrogen) atoms. The Labute approximate surface area is 112 Å². The van der Waals surface area contributed by atoms with Crippen LogP contribution in [0.5, 0.6) is 0 Å². The number of hydrogen-bond donors (Lipinski definition) is 2. The van der Waals surface area contributed by atoms with Crippen molar-refractivity contribution in [1.29, 1.82) is 0 Å². The van der Waals surface area contributed by atoms with E-state index in [2.05, 4.69) is 5.32 Å². The molecule has 0 atom stereocenters. The summed E-state index contributed by atoms with van der Waals surface area (Å²) in [7, 11) is 0. The van der Waals surface area contributed by atoms with Gasteiger partial charge in [0, 0.05) is 12.2 Å². The van der Waals surface area contributed by atoms with Crippen LogP contribution in [0.25, 0.3) is 0 Å². The second-order valence-electron chi connectivity index (χ2n) is 3.89. The molecule has 1 rings (SSSR count). The Bertz CT molecular complexity index is 473. The SMILES string of the molecule is CCNc1ccc(C(F)(F)F)cc1C(=O)NCC(F)F. The molecule has 3 nitrogen and oxygen atoms in total. The Morgan fingerprint density at radius 2 is 1.95 bits per heavy atom. The van der Waals surface area contributed by atoms with Gasteiger partial charge in [0.2, 0.25) is 0 Å². The molecule has 1 aromatic rings. The molecular formula is C12H13F5N2O. The third-order valence-corrected chi connectivity index (χ3v) is 2.38. The summed E-state index contributed by atoms with van der Waals surface area (Å²) in [5.74, 6) is -0.979. The maximum atomic E-state index is 12.6. The minimum atomic E-state index is -4.61. The van der Waals surface area contributed by atoms with Gasteiger partial charge in [-0.1, -0.05) is 0 Å². The lowest BCUT2D eigenvalue weighted by atomic mass is 10.1. The molecule has 0 spiro atoms. The van der Waals surface area contributed by atoms with E-state index in [0.29, 0.717) is 12.6 Å². The normalized spacial score (nSPS) is 11.6. The van der Waals surface area contributed by atoms with Gasteiger partial charge in [-0.05, 0) is 25.1 Å². The molecule has 112 valence electrons. The van der Waals surface area contributed by atoms with Crippen LogP contribution in [0, 0.1) is 0 Å². The Hall–Kier alpha value is -1.86. The predicted molar refractivity (Wildman–Crippen MR) is 63.9 cm³/mol. The lowest BCUT2D eigenvalue weighted by Gasteiger charge is -2.14. The number of halogens is 5. The number of nitrogens with one attached hydrogen (secondary N) is 2. The van der Waals surface area contributed by atoms with Gasteiger partial charge in [-0.25, -0.2) is 8.78 Å². The zero-order chi connectivity index (χ0) is 15.3. The van der Waals surface area contributed by atoms with Crippen LogP contribution in [0.4, 0.5) is 27.6 Å². The number of amides is 1. The Morgan fingerprint density at radius 1 is 1.30 bits per heavy atom. The van der Waals surface area contributed by atoms with Crippen molar-refractivity contribution in [1.82, 2.24) is 5.32 Å². The highest BCUT2D eigenvalue weighted by Gasteiger charge is 2.31. The maximum Gasteiger partial charge on any atom is 0.416 e. The highest BCUT2D eigenvalue weighted by molar-refractivity contribution is 5.99. The summed E-state index contributed by atoms with van der Waals surface area (Å²) in [4.78, 5) is 11.7. The molecule has 0 aliphatic carbocycles. The summed E-state index contributed by atoms with van der Waals surface area (Å²) >= 11 is 0. The molecule has 0 aliphatic heterocycles. The van der Waals surface area contributed by atoms with Crippen molar-refractivity contribution in [2.24, 2.45) is 0 Å². The topological polar surface area (TPSA) is 41.1 Å². The Kier molecular flexibility index (Phi) is 5.29. The summed E-state index contributed by atoms with van der Waals surface area (Å²) in [5, 5.41) is 4.59. The van der Waals surface area contributed by atoms with E-state index in [1.165, 1.54) is 0 Å². The van der Waals surface area contributed by atoms with Crippen molar-refractivity contribution >= 4 is 11.6 Å². The second-order valence-corrected chi connectivity index (χ2v) is 3.89. The fourth-order valence-corrected chi connectivity index (χ4v) is 1.52. The first-order chi connectivity index (χ1) is 9.25. The van der Waals surface area contributed by atoms with E-state index in [1.807, 2.05) is 5.32 Å². The zero-order valence-electron chi connectivity index (χ0n) is 10.5. The zero-order valence-corrected chi connectivity index (χ0v) is 10.5. The molecule has 0 unspecified atom stereocenters. The largest absolute Gasteiger partial charge is 0.416 e. The van der Waals surface area contributed by atoms with Gasteiger partial charge < -0.3 is 10.6 Å². The number of anilines is 1. The van der Waals surface area contributed by atoms with E-state index < -0.39 is 30.6 Å². The summed E-state index contributed by atoms with van der Waals surface area (Å²) in [6.45, 7) is 1.15. The van der Waals surface area contributed by atoms with Gasteiger partial charge in [-0.2, -0.15) is 13.2 Å². The van der Waals surface area contributed by atoms with E-state index in [1.54, 1.807) is 6.92 Å². The lowest BCUT2D eigenvalue weighted by Crippen LogP contribution is -2.29. The van der Waals surface area contributed by atoms with Gasteiger partial charge in [-0.3, -0.25) is 4.79 Å². The van der Waals surface area contributed by atoms with Crippen LogP contribution in [0.3, 0.4) is 0 Å². The molecule has 8 heteroatoms. The summed E-state index contributed by atoms with van der Waals surface area (Å²) in [6.07, 6.45) is -7.38. The average Bonchev–Trinajstić information content (AvgIpc) is 2.35. The fourth-order valence-electron chi connectivity index (χ4n) is 1.52. The summed E-state index contributed by atoms with van der Waals surface area (Å²) in [6, 6.07) is 2.56. The van der Waals surface area contributed by atoms with Crippen molar-refractivity contribution in [3.05, 3.63) is 29.3 Å². The van der Waals surface area contributed by atoms with E-state index >= 15 is 0 Å². The highest BCUT2D eigenvalue weighted by Crippen LogP contribution is 2.31. The first kappa shape index (κ1) is 16.2. The number of benzene rings is 1. The second kappa shape index (κ2) is 6.53. The first-order valence-electron chi connectivity index (χ1n) is 5.77. The van der Waals surface area contributed by atoms with Gasteiger partial charge in [0.15, 0.2) is 0 Å². The molecule has 0 radical (unpaired) electrons. The minimum Gasteiger partial charge on any atom is -0.385 e. The van der Waals surface area contributed by atoms with Crippen molar-refractivity contribution in [3.63, 3.8) is 0 Å². The number of carbonyl (C=O) groups is 1. The van der Waals surface area contributed by atoms with Gasteiger partial charge in [0.25, 0.3) is 12.3 Å². The van der Waals surface area contributed by atoms with Gasteiger partial charge in [0.05, 0.1) is 17.7 Å². The lowest BCUT2D eigenvalue weighted by molar-refractivity contribution is -0.137. The average molecular weight is 296 g/mol. The van der Waals surface area contributed by atoms with Crippen molar-refractivity contribution in [2.45, 2.75) is 19.5 Å². The smallest absolute Gasteiger partial charge is 0.385 e. The standard InChI is InChI=1S/C12H13F5N2O/c1-2-18-9-4-3-7(12(15,16)17)5-8(9)11(20)19-6-10(13)14/h3-5,10,18H,2,6H2,1H3,(H,19,20). The highest BCUT2D eigenvalue weighted by atomic mass is 19.4. The van der Waals surface area contributed by atoms with Crippen molar-refractivity contribution in [2.75, 3.05) is 18.4 Å². The molecule has 0 saturated heterocycles. The van der Waals surface area contributed by atoms with Gasteiger partial charge in [0.1, 0.15) is 0 Å². The van der Waals surface area contributed by atoms with Crippen molar-refractivity contribution < 1.29 is 26.7 Å². The van der Waals surface area contributed by atoms with Crippen LogP contribution in [0.15, 0.2) is 18.2 Å². The molecule has 1 aromatic carbocycles. The molecule has 0 aromatic heterocycles. The molecule has 0 saturated carbocycles. The quantitative estimate of drug-likeness (QED) is 0.820. The summed E-state index contributed by atoms with van der Waals surface area (Å²) < 4.78 is 61.8. The van der Waals surface area contributed by atoms with Gasteiger partial charge in [-0.15, -0.1) is 0 Å². The van der Waals surface area contributed by atoms with E-state index in [4.69, 9.17) is 0 Å². The third kappa shape index (κ3) is 4.36. The van der Waals surface area contributed by atoms with Crippen LogP contribution in [0.1, 0.15) is 22.8 Å². The molecule has 2 N–H and O–H groups in total. The van der Waals surface area contributed by atoms with Crippen LogP contribution >= 0.6 is 0 Å². The first-order valence-corrected chi connectivity index (χ1v) is 5.77. The molecule has 0 aliphatic rings. The molecule has 0 heterocycles. The van der Waals surface area contributed by atoms with Crippen LogP contribution < -0.4 is 10.6 Å². The van der Waals surface area contributed by atoms with E-state index in [0.717, 1.165) is 12.1 Å². The number of carbonyl (C=O) groups excluding carboxylic acids is 1. The monoisotopic (exact) mass is 296 g/mol. The molecule has 0 bridgehead atoms. The van der Waals surface area contributed by atoms with Crippen LogP contribution in [0.2, 0.25) is 0 Å². The molecular weight excluding hydrogens is 283 g/mol. The Morgan fingerprint density at radius 3 is 2.45 bits per heavy atom. The predicted octanol–water partition coefficient (Wildman–Crippen LogP) is 3.13. The number of hydrogen-bond acceptors (Lipinski definition) is 2. The minimum absolute atomic E-state index is 0.160. The number of rotatable bonds is 5. The van der Waals surface area contributed by atoms with Crippen LogP contribution in [-0.2, 0) is 6.18 Å². The Balaban J connectivity index is 3.08. The van der Waals surface area contributed by atoms with E-state index in [-0.39, 0.29) is 11.3 Å².